The monoisotopic (exact) mass is 228 g/mol. The lowest BCUT2D eigenvalue weighted by Crippen LogP contribution is -2.19. The molecule has 0 amide bonds. The smallest absolute Gasteiger partial charge is 0.0702 e. The zero-order chi connectivity index (χ0) is 12.3. The number of hydrogen-bond acceptors (Lipinski definition) is 2. The van der Waals surface area contributed by atoms with Crippen LogP contribution in [0.4, 0.5) is 0 Å². The SMILES string of the molecule is CCCC(C)C(N)c1cnc2ccccc2c1. The van der Waals surface area contributed by atoms with Crippen molar-refractivity contribution in [3.8, 4) is 0 Å². The molecule has 1 heterocycles. The van der Waals surface area contributed by atoms with Gasteiger partial charge in [-0.1, -0.05) is 38.5 Å². The number of fused-ring (bicyclic) bond motifs is 1. The van der Waals surface area contributed by atoms with Gasteiger partial charge in [-0.05, 0) is 30.0 Å². The van der Waals surface area contributed by atoms with Crippen LogP contribution < -0.4 is 5.73 Å². The van der Waals surface area contributed by atoms with Gasteiger partial charge in [-0.25, -0.2) is 0 Å². The van der Waals surface area contributed by atoms with Crippen LogP contribution >= 0.6 is 0 Å². The minimum absolute atomic E-state index is 0.0899. The van der Waals surface area contributed by atoms with Gasteiger partial charge in [0, 0.05) is 17.6 Å². The number of pyridine rings is 1. The van der Waals surface area contributed by atoms with Crippen LogP contribution in [0.3, 0.4) is 0 Å². The molecule has 2 rings (SSSR count). The van der Waals surface area contributed by atoms with E-state index >= 15 is 0 Å². The number of hydrogen-bond donors (Lipinski definition) is 1. The molecule has 0 saturated heterocycles. The zero-order valence-corrected chi connectivity index (χ0v) is 10.6. The average molecular weight is 228 g/mol. The summed E-state index contributed by atoms with van der Waals surface area (Å²) >= 11 is 0. The van der Waals surface area contributed by atoms with E-state index in [1.807, 2.05) is 24.4 Å². The van der Waals surface area contributed by atoms with Crippen LogP contribution in [-0.4, -0.2) is 4.98 Å². The Balaban J connectivity index is 2.29. The number of nitrogens with two attached hydrogens (primary N) is 1. The molecule has 2 heteroatoms. The largest absolute Gasteiger partial charge is 0.324 e. The van der Waals surface area contributed by atoms with Crippen LogP contribution in [0.25, 0.3) is 10.9 Å². The average Bonchev–Trinajstić information content (AvgIpc) is 2.37. The predicted octanol–water partition coefficient (Wildman–Crippen LogP) is 3.67. The molecule has 2 N–H and O–H groups in total. The van der Waals surface area contributed by atoms with Crippen LogP contribution in [0.2, 0.25) is 0 Å². The van der Waals surface area contributed by atoms with Crippen molar-refractivity contribution in [3.05, 3.63) is 42.1 Å². The molecule has 0 aliphatic rings. The molecule has 0 aliphatic heterocycles. The molecular weight excluding hydrogens is 208 g/mol. The molecule has 0 aliphatic carbocycles. The van der Waals surface area contributed by atoms with Crippen molar-refractivity contribution in [1.82, 2.24) is 4.98 Å². The summed E-state index contributed by atoms with van der Waals surface area (Å²) in [4.78, 5) is 4.46. The summed E-state index contributed by atoms with van der Waals surface area (Å²) in [5.41, 5.74) is 8.45. The highest BCUT2D eigenvalue weighted by Crippen LogP contribution is 2.24. The van der Waals surface area contributed by atoms with Gasteiger partial charge >= 0.3 is 0 Å². The fraction of sp³-hybridized carbons (Fsp3) is 0.400. The second-order valence-corrected chi connectivity index (χ2v) is 4.75. The summed E-state index contributed by atoms with van der Waals surface area (Å²) in [6.07, 6.45) is 4.25. The highest BCUT2D eigenvalue weighted by atomic mass is 14.7. The Kier molecular flexibility index (Phi) is 3.75. The Bertz CT molecular complexity index is 493. The third-order valence-electron chi connectivity index (χ3n) is 3.35. The summed E-state index contributed by atoms with van der Waals surface area (Å²) in [6.45, 7) is 4.41. The van der Waals surface area contributed by atoms with Gasteiger partial charge in [-0.2, -0.15) is 0 Å². The quantitative estimate of drug-likeness (QED) is 0.867. The summed E-state index contributed by atoms with van der Waals surface area (Å²) < 4.78 is 0. The molecule has 90 valence electrons. The molecule has 0 fully saturated rings. The maximum atomic E-state index is 6.28. The van der Waals surface area contributed by atoms with Gasteiger partial charge in [0.05, 0.1) is 5.52 Å². The van der Waals surface area contributed by atoms with E-state index in [1.54, 1.807) is 0 Å². The summed E-state index contributed by atoms with van der Waals surface area (Å²) in [5.74, 6) is 0.503. The number of rotatable bonds is 4. The van der Waals surface area contributed by atoms with E-state index < -0.39 is 0 Å². The lowest BCUT2D eigenvalue weighted by atomic mass is 9.92. The fourth-order valence-electron chi connectivity index (χ4n) is 2.23. The number of nitrogens with zero attached hydrogens (tertiary/aromatic N) is 1. The Morgan fingerprint density at radius 2 is 2.06 bits per heavy atom. The standard InChI is InChI=1S/C15H20N2/c1-3-6-11(2)15(16)13-9-12-7-4-5-8-14(12)17-10-13/h4-5,7-11,15H,3,6,16H2,1-2H3. The molecule has 0 spiro atoms. The number of para-hydroxylation sites is 1. The normalized spacial score (nSPS) is 14.8. The minimum atomic E-state index is 0.0899. The van der Waals surface area contributed by atoms with Gasteiger partial charge in [0.15, 0.2) is 0 Å². The Hall–Kier alpha value is -1.41. The van der Waals surface area contributed by atoms with Crippen LogP contribution in [0.15, 0.2) is 36.5 Å². The van der Waals surface area contributed by atoms with Crippen molar-refractivity contribution >= 4 is 10.9 Å². The van der Waals surface area contributed by atoms with Crippen molar-refractivity contribution in [2.24, 2.45) is 11.7 Å². The molecule has 2 atom stereocenters. The van der Waals surface area contributed by atoms with E-state index in [4.69, 9.17) is 5.73 Å². The molecule has 2 unspecified atom stereocenters. The van der Waals surface area contributed by atoms with Crippen molar-refractivity contribution in [2.45, 2.75) is 32.7 Å². The molecule has 0 saturated carbocycles. The first-order valence-electron chi connectivity index (χ1n) is 6.32. The van der Waals surface area contributed by atoms with Crippen molar-refractivity contribution in [1.29, 1.82) is 0 Å². The molecule has 1 aromatic heterocycles. The van der Waals surface area contributed by atoms with E-state index in [0.717, 1.165) is 17.5 Å². The van der Waals surface area contributed by atoms with Crippen LogP contribution in [0, 0.1) is 5.92 Å². The van der Waals surface area contributed by atoms with E-state index in [0.29, 0.717) is 5.92 Å². The molecule has 0 bridgehead atoms. The Labute approximate surface area is 103 Å². The van der Waals surface area contributed by atoms with E-state index in [1.165, 1.54) is 11.8 Å². The Morgan fingerprint density at radius 3 is 2.82 bits per heavy atom. The van der Waals surface area contributed by atoms with E-state index in [-0.39, 0.29) is 6.04 Å². The third kappa shape index (κ3) is 2.64. The van der Waals surface area contributed by atoms with Crippen LogP contribution in [-0.2, 0) is 0 Å². The second-order valence-electron chi connectivity index (χ2n) is 4.75. The fourth-order valence-corrected chi connectivity index (χ4v) is 2.23. The third-order valence-corrected chi connectivity index (χ3v) is 3.35. The maximum absolute atomic E-state index is 6.28. The molecule has 0 radical (unpaired) electrons. The first-order valence-corrected chi connectivity index (χ1v) is 6.32. The molecule has 2 aromatic rings. The molecule has 17 heavy (non-hydrogen) atoms. The second kappa shape index (κ2) is 5.28. The number of benzene rings is 1. The molecule has 1 aromatic carbocycles. The number of aromatic nitrogens is 1. The highest BCUT2D eigenvalue weighted by molar-refractivity contribution is 5.78. The van der Waals surface area contributed by atoms with Crippen molar-refractivity contribution in [2.75, 3.05) is 0 Å². The van der Waals surface area contributed by atoms with Gasteiger partial charge in [-0.15, -0.1) is 0 Å². The van der Waals surface area contributed by atoms with Gasteiger partial charge in [0.25, 0.3) is 0 Å². The first-order chi connectivity index (χ1) is 8.22. The van der Waals surface area contributed by atoms with E-state index in [9.17, 15) is 0 Å². The predicted molar refractivity (Wildman–Crippen MR) is 72.7 cm³/mol. The van der Waals surface area contributed by atoms with Crippen LogP contribution in [0.5, 0.6) is 0 Å². The summed E-state index contributed by atoms with van der Waals surface area (Å²) in [6, 6.07) is 10.4. The van der Waals surface area contributed by atoms with Gasteiger partial charge in [0.2, 0.25) is 0 Å². The topological polar surface area (TPSA) is 38.9 Å². The van der Waals surface area contributed by atoms with Crippen LogP contribution in [0.1, 0.15) is 38.3 Å². The zero-order valence-electron chi connectivity index (χ0n) is 10.6. The highest BCUT2D eigenvalue weighted by Gasteiger charge is 2.14. The Morgan fingerprint density at radius 1 is 1.29 bits per heavy atom. The van der Waals surface area contributed by atoms with Gasteiger partial charge in [-0.3, -0.25) is 4.98 Å². The first kappa shape index (κ1) is 12.1. The molecule has 2 nitrogen and oxygen atoms in total. The summed E-state index contributed by atoms with van der Waals surface area (Å²) in [5, 5.41) is 1.17. The lowest BCUT2D eigenvalue weighted by Gasteiger charge is -2.19. The minimum Gasteiger partial charge on any atom is -0.324 e. The van der Waals surface area contributed by atoms with E-state index in [2.05, 4.69) is 31.0 Å². The maximum Gasteiger partial charge on any atom is 0.0702 e. The van der Waals surface area contributed by atoms with Crippen molar-refractivity contribution in [3.63, 3.8) is 0 Å². The molecular formula is C15H20N2. The van der Waals surface area contributed by atoms with Gasteiger partial charge in [0.1, 0.15) is 0 Å². The van der Waals surface area contributed by atoms with Gasteiger partial charge < -0.3 is 5.73 Å². The van der Waals surface area contributed by atoms with Crippen molar-refractivity contribution < 1.29 is 0 Å². The lowest BCUT2D eigenvalue weighted by molar-refractivity contribution is 0.433. The summed E-state index contributed by atoms with van der Waals surface area (Å²) in [7, 11) is 0.